The standard InChI is InChI=1S/C10H15BrN2O3S2/c1-7-5-9(17-10(7)11)18(15,16)13(4)6-8(14)12(2)3/h5H,6H2,1-4H3. The highest BCUT2D eigenvalue weighted by Crippen LogP contribution is 2.31. The van der Waals surface area contributed by atoms with Gasteiger partial charge in [-0.25, -0.2) is 8.42 Å². The second-order valence-electron chi connectivity index (χ2n) is 4.07. The van der Waals surface area contributed by atoms with Gasteiger partial charge in [-0.05, 0) is 34.5 Å². The van der Waals surface area contributed by atoms with Crippen LogP contribution in [-0.2, 0) is 14.8 Å². The van der Waals surface area contributed by atoms with E-state index < -0.39 is 10.0 Å². The second-order valence-corrected chi connectivity index (χ2v) is 8.71. The summed E-state index contributed by atoms with van der Waals surface area (Å²) in [5, 5.41) is 0. The van der Waals surface area contributed by atoms with Gasteiger partial charge in [-0.3, -0.25) is 4.79 Å². The second kappa shape index (κ2) is 5.68. The Balaban J connectivity index is 2.97. The molecule has 5 nitrogen and oxygen atoms in total. The fraction of sp³-hybridized carbons (Fsp3) is 0.500. The lowest BCUT2D eigenvalue weighted by molar-refractivity contribution is -0.128. The van der Waals surface area contributed by atoms with E-state index in [-0.39, 0.29) is 16.7 Å². The molecule has 0 spiro atoms. The van der Waals surface area contributed by atoms with Gasteiger partial charge in [-0.2, -0.15) is 4.31 Å². The van der Waals surface area contributed by atoms with E-state index in [4.69, 9.17) is 0 Å². The lowest BCUT2D eigenvalue weighted by atomic mass is 10.4. The number of nitrogens with zero attached hydrogens (tertiary/aromatic N) is 2. The van der Waals surface area contributed by atoms with Gasteiger partial charge in [0.2, 0.25) is 5.91 Å². The Morgan fingerprint density at radius 3 is 2.33 bits per heavy atom. The molecule has 0 radical (unpaired) electrons. The van der Waals surface area contributed by atoms with Crippen LogP contribution in [0.3, 0.4) is 0 Å². The molecule has 8 heteroatoms. The summed E-state index contributed by atoms with van der Waals surface area (Å²) in [7, 11) is 0.991. The number of carbonyl (C=O) groups is 1. The van der Waals surface area contributed by atoms with E-state index in [1.54, 1.807) is 20.2 Å². The van der Waals surface area contributed by atoms with Gasteiger partial charge in [0.05, 0.1) is 10.3 Å². The normalized spacial score (nSPS) is 11.9. The number of amides is 1. The number of thiophene rings is 1. The van der Waals surface area contributed by atoms with Crippen molar-refractivity contribution in [3.8, 4) is 0 Å². The zero-order chi connectivity index (χ0) is 14.1. The van der Waals surface area contributed by atoms with Crippen LogP contribution in [0.15, 0.2) is 14.1 Å². The molecule has 1 amide bonds. The monoisotopic (exact) mass is 354 g/mol. The lowest BCUT2D eigenvalue weighted by Gasteiger charge is -2.18. The predicted octanol–water partition coefficient (Wildman–Crippen LogP) is 1.53. The van der Waals surface area contributed by atoms with E-state index in [9.17, 15) is 13.2 Å². The third kappa shape index (κ3) is 3.31. The van der Waals surface area contributed by atoms with Gasteiger partial charge in [-0.15, -0.1) is 11.3 Å². The van der Waals surface area contributed by atoms with Gasteiger partial charge in [0.15, 0.2) is 0 Å². The Labute approximate surface area is 120 Å². The molecule has 0 aliphatic rings. The third-order valence-corrected chi connectivity index (χ3v) is 6.75. The maximum Gasteiger partial charge on any atom is 0.252 e. The van der Waals surface area contributed by atoms with Crippen LogP contribution < -0.4 is 0 Å². The van der Waals surface area contributed by atoms with Gasteiger partial charge in [-0.1, -0.05) is 0 Å². The maximum atomic E-state index is 12.2. The molecule has 1 rings (SSSR count). The fourth-order valence-electron chi connectivity index (χ4n) is 1.13. The molecule has 0 N–H and O–H groups in total. The number of carbonyl (C=O) groups excluding carboxylic acids is 1. The molecule has 0 bridgehead atoms. The predicted molar refractivity (Wildman–Crippen MR) is 75.3 cm³/mol. The van der Waals surface area contributed by atoms with E-state index in [1.165, 1.54) is 11.9 Å². The quantitative estimate of drug-likeness (QED) is 0.823. The number of aryl methyl sites for hydroxylation is 1. The molecule has 0 aliphatic heterocycles. The number of rotatable bonds is 4. The summed E-state index contributed by atoms with van der Waals surface area (Å²) in [6.45, 7) is 1.66. The minimum atomic E-state index is -3.59. The molecular formula is C10H15BrN2O3S2. The Morgan fingerprint density at radius 2 is 1.94 bits per heavy atom. The number of sulfonamides is 1. The first-order chi connectivity index (χ1) is 8.16. The summed E-state index contributed by atoms with van der Waals surface area (Å²) >= 11 is 4.44. The maximum absolute atomic E-state index is 12.2. The van der Waals surface area contributed by atoms with Crippen molar-refractivity contribution in [2.45, 2.75) is 11.1 Å². The number of likely N-dealkylation sites (N-methyl/N-ethyl adjacent to an activating group) is 2. The molecule has 1 aromatic rings. The fourth-order valence-corrected chi connectivity index (χ4v) is 4.69. The van der Waals surface area contributed by atoms with Crippen LogP contribution in [0.2, 0.25) is 0 Å². The first-order valence-electron chi connectivity index (χ1n) is 5.08. The topological polar surface area (TPSA) is 57.7 Å². The van der Waals surface area contributed by atoms with Crippen LogP contribution in [-0.4, -0.2) is 51.2 Å². The largest absolute Gasteiger partial charge is 0.348 e. The van der Waals surface area contributed by atoms with Crippen LogP contribution in [0.25, 0.3) is 0 Å². The molecule has 1 aromatic heterocycles. The van der Waals surface area contributed by atoms with Crippen molar-refractivity contribution in [3.05, 3.63) is 15.4 Å². The number of halogens is 1. The lowest BCUT2D eigenvalue weighted by Crippen LogP contribution is -2.37. The molecule has 0 aromatic carbocycles. The van der Waals surface area contributed by atoms with E-state index in [2.05, 4.69) is 15.9 Å². The van der Waals surface area contributed by atoms with Gasteiger partial charge >= 0.3 is 0 Å². The Hall–Kier alpha value is -0.440. The molecule has 102 valence electrons. The van der Waals surface area contributed by atoms with Crippen molar-refractivity contribution in [3.63, 3.8) is 0 Å². The van der Waals surface area contributed by atoms with Crippen molar-refractivity contribution in [2.75, 3.05) is 27.7 Å². The molecule has 0 aliphatic carbocycles. The Morgan fingerprint density at radius 1 is 1.39 bits per heavy atom. The van der Waals surface area contributed by atoms with Crippen LogP contribution in [0, 0.1) is 6.92 Å². The molecule has 18 heavy (non-hydrogen) atoms. The highest BCUT2D eigenvalue weighted by molar-refractivity contribution is 9.11. The van der Waals surface area contributed by atoms with Gasteiger partial charge in [0.1, 0.15) is 4.21 Å². The van der Waals surface area contributed by atoms with E-state index in [1.807, 2.05) is 6.92 Å². The summed E-state index contributed by atoms with van der Waals surface area (Å²) in [6, 6.07) is 1.60. The third-order valence-electron chi connectivity index (χ3n) is 2.36. The Kier molecular flexibility index (Phi) is 4.93. The van der Waals surface area contributed by atoms with Crippen molar-refractivity contribution in [2.24, 2.45) is 0 Å². The van der Waals surface area contributed by atoms with Gasteiger partial charge in [0, 0.05) is 21.1 Å². The summed E-state index contributed by atoms with van der Waals surface area (Å²) < 4.78 is 26.5. The van der Waals surface area contributed by atoms with E-state index in [0.29, 0.717) is 0 Å². The van der Waals surface area contributed by atoms with Crippen LogP contribution in [0.4, 0.5) is 0 Å². The van der Waals surface area contributed by atoms with Gasteiger partial charge < -0.3 is 4.90 Å². The van der Waals surface area contributed by atoms with Crippen molar-refractivity contribution in [1.29, 1.82) is 0 Å². The minimum absolute atomic E-state index is 0.163. The number of hydrogen-bond acceptors (Lipinski definition) is 4. The highest BCUT2D eigenvalue weighted by Gasteiger charge is 2.25. The first kappa shape index (κ1) is 15.6. The van der Waals surface area contributed by atoms with E-state index in [0.717, 1.165) is 25.0 Å². The van der Waals surface area contributed by atoms with Gasteiger partial charge in [0.25, 0.3) is 10.0 Å². The van der Waals surface area contributed by atoms with Crippen molar-refractivity contribution >= 4 is 43.2 Å². The smallest absolute Gasteiger partial charge is 0.252 e. The summed E-state index contributed by atoms with van der Waals surface area (Å²) in [6.07, 6.45) is 0. The van der Waals surface area contributed by atoms with Crippen molar-refractivity contribution in [1.82, 2.24) is 9.21 Å². The molecule has 0 unspecified atom stereocenters. The molecular weight excluding hydrogens is 340 g/mol. The molecule has 0 fully saturated rings. The van der Waals surface area contributed by atoms with Crippen molar-refractivity contribution < 1.29 is 13.2 Å². The van der Waals surface area contributed by atoms with E-state index >= 15 is 0 Å². The Bertz CT molecular complexity index is 532. The zero-order valence-electron chi connectivity index (χ0n) is 10.6. The molecule has 0 atom stereocenters. The average Bonchev–Trinajstić information content (AvgIpc) is 2.59. The SMILES string of the molecule is Cc1cc(S(=O)(=O)N(C)CC(=O)N(C)C)sc1Br. The summed E-state index contributed by atoms with van der Waals surface area (Å²) in [5.41, 5.74) is 0.867. The van der Waals surface area contributed by atoms with Crippen LogP contribution >= 0.6 is 27.3 Å². The molecule has 0 saturated heterocycles. The number of hydrogen-bond donors (Lipinski definition) is 0. The first-order valence-corrected chi connectivity index (χ1v) is 8.13. The molecule has 0 saturated carbocycles. The highest BCUT2D eigenvalue weighted by atomic mass is 79.9. The van der Waals surface area contributed by atoms with Crippen LogP contribution in [0.1, 0.15) is 5.56 Å². The molecule has 1 heterocycles. The average molecular weight is 355 g/mol. The minimum Gasteiger partial charge on any atom is -0.348 e. The summed E-state index contributed by atoms with van der Waals surface area (Å²) in [4.78, 5) is 12.9. The van der Waals surface area contributed by atoms with Crippen LogP contribution in [0.5, 0.6) is 0 Å². The summed E-state index contributed by atoms with van der Waals surface area (Å²) in [5.74, 6) is -0.256. The zero-order valence-corrected chi connectivity index (χ0v) is 13.8.